The number of carbonyl (C=O) groups excluding carboxylic acids is 4. The highest BCUT2D eigenvalue weighted by atomic mass is 16.5. The monoisotopic (exact) mass is 964 g/mol. The second-order valence-electron chi connectivity index (χ2n) is 23.6. The maximum absolute atomic E-state index is 14.1. The van der Waals surface area contributed by atoms with Crippen LogP contribution in [0.4, 0.5) is 5.69 Å². The number of esters is 2. The summed E-state index contributed by atoms with van der Waals surface area (Å²) in [7, 11) is 2.76. The fourth-order valence-corrected chi connectivity index (χ4v) is 11.6. The lowest BCUT2D eigenvalue weighted by Crippen LogP contribution is -2.47. The lowest BCUT2D eigenvalue weighted by molar-refractivity contribution is -0.149. The van der Waals surface area contributed by atoms with Crippen LogP contribution >= 0.6 is 0 Å². The van der Waals surface area contributed by atoms with Crippen LogP contribution in [-0.2, 0) is 34.1 Å². The highest BCUT2D eigenvalue weighted by molar-refractivity contribution is 6.03. The Labute approximate surface area is 422 Å². The van der Waals surface area contributed by atoms with Crippen molar-refractivity contribution in [2.75, 3.05) is 32.2 Å². The van der Waals surface area contributed by atoms with E-state index >= 15 is 0 Å². The lowest BCUT2D eigenvalue weighted by Gasteiger charge is -2.35. The summed E-state index contributed by atoms with van der Waals surface area (Å²) in [6, 6.07) is 27.2. The van der Waals surface area contributed by atoms with E-state index < -0.39 is 11.8 Å². The maximum Gasteiger partial charge on any atom is 0.306 e. The molecule has 11 heteroatoms. The highest BCUT2D eigenvalue weighted by Crippen LogP contribution is 2.48. The zero-order valence-corrected chi connectivity index (χ0v) is 44.2. The van der Waals surface area contributed by atoms with Gasteiger partial charge >= 0.3 is 11.9 Å². The smallest absolute Gasteiger partial charge is 0.306 e. The summed E-state index contributed by atoms with van der Waals surface area (Å²) in [6.45, 7) is 20.2. The van der Waals surface area contributed by atoms with Gasteiger partial charge < -0.3 is 24.2 Å². The third-order valence-electron chi connectivity index (χ3n) is 15.9. The van der Waals surface area contributed by atoms with Gasteiger partial charge in [0.05, 0.1) is 74.5 Å². The molecule has 0 unspecified atom stereocenters. The zero-order chi connectivity index (χ0) is 51.0. The Kier molecular flexibility index (Phi) is 15.0. The third kappa shape index (κ3) is 11.1. The highest BCUT2D eigenvalue weighted by Gasteiger charge is 2.44. The second kappa shape index (κ2) is 20.7. The van der Waals surface area contributed by atoms with Crippen molar-refractivity contribution < 1.29 is 28.7 Å². The van der Waals surface area contributed by atoms with Crippen LogP contribution in [-0.4, -0.2) is 84.4 Å². The Bertz CT molecular complexity index is 2440. The molecule has 0 bridgehead atoms. The van der Waals surface area contributed by atoms with Crippen molar-refractivity contribution in [3.8, 4) is 0 Å². The molecular weight excluding hydrogens is 887 g/mol. The molecule has 0 spiro atoms. The normalized spacial score (nSPS) is 22.5. The average molecular weight is 964 g/mol. The number of carbonyl (C=O) groups is 4. The van der Waals surface area contributed by atoms with Gasteiger partial charge in [-0.25, -0.2) is 0 Å². The van der Waals surface area contributed by atoms with E-state index in [4.69, 9.17) is 19.5 Å². The average Bonchev–Trinajstić information content (AvgIpc) is 4.21. The van der Waals surface area contributed by atoms with Crippen molar-refractivity contribution in [1.29, 1.82) is 0 Å². The van der Waals surface area contributed by atoms with E-state index in [-0.39, 0.29) is 77.0 Å². The molecule has 2 amide bonds. The van der Waals surface area contributed by atoms with Crippen LogP contribution in [0.15, 0.2) is 94.9 Å². The SMILES string of the molecule is COC(=O)C[C@H](C(=O)N1CCC[C@H]1C1=NC(c2ccc([C@@H]3CC[C@@H](c4ccc(C5=CCC([C@@H]6CCCN6C(=O)[C@@H](CC(=O)OC)C(C)(C)C)=N5)cc4)N3c3ccc(C(C)(C)C)cc3)cc2)=CC1)C(C)(C)C. The van der Waals surface area contributed by atoms with Crippen molar-refractivity contribution >= 4 is 52.3 Å². The van der Waals surface area contributed by atoms with Gasteiger partial charge in [-0.2, -0.15) is 0 Å². The number of rotatable bonds is 13. The summed E-state index contributed by atoms with van der Waals surface area (Å²) in [4.78, 5) is 69.8. The van der Waals surface area contributed by atoms with Crippen LogP contribution < -0.4 is 4.90 Å². The number of benzene rings is 3. The minimum atomic E-state index is -0.467. The minimum absolute atomic E-state index is 0.00988. The van der Waals surface area contributed by atoms with Gasteiger partial charge in [0, 0.05) is 43.0 Å². The first-order valence-corrected chi connectivity index (χ1v) is 26.1. The fourth-order valence-electron chi connectivity index (χ4n) is 11.6. The number of ether oxygens (including phenoxy) is 2. The van der Waals surface area contributed by atoms with Crippen LogP contribution in [0.3, 0.4) is 0 Å². The molecule has 0 aliphatic carbocycles. The molecule has 3 aromatic rings. The number of allylic oxidation sites excluding steroid dienone is 2. The lowest BCUT2D eigenvalue weighted by atomic mass is 9.77. The first kappa shape index (κ1) is 51.5. The number of hydrogen-bond acceptors (Lipinski definition) is 9. The van der Waals surface area contributed by atoms with E-state index in [1.807, 2.05) is 51.3 Å². The molecule has 3 aromatic carbocycles. The summed E-state index contributed by atoms with van der Waals surface area (Å²) >= 11 is 0. The Morgan fingerprint density at radius 3 is 1.30 bits per heavy atom. The number of amides is 2. The Balaban J connectivity index is 0.992. The van der Waals surface area contributed by atoms with E-state index in [2.05, 4.69) is 111 Å². The van der Waals surface area contributed by atoms with Gasteiger partial charge in [0.15, 0.2) is 0 Å². The fraction of sp³-hybridized carbons (Fsp3) is 0.533. The quantitative estimate of drug-likeness (QED) is 0.156. The molecule has 0 radical (unpaired) electrons. The van der Waals surface area contributed by atoms with Crippen LogP contribution in [0.5, 0.6) is 0 Å². The van der Waals surface area contributed by atoms with Crippen molar-refractivity contribution in [3.63, 3.8) is 0 Å². The molecule has 0 saturated carbocycles. The molecule has 5 aliphatic rings. The van der Waals surface area contributed by atoms with Crippen molar-refractivity contribution in [2.24, 2.45) is 32.7 Å². The molecule has 5 heterocycles. The van der Waals surface area contributed by atoms with E-state index in [0.717, 1.165) is 72.5 Å². The van der Waals surface area contributed by atoms with Crippen molar-refractivity contribution in [3.05, 3.63) is 113 Å². The molecule has 11 nitrogen and oxygen atoms in total. The van der Waals surface area contributed by atoms with Crippen LogP contribution in [0, 0.1) is 22.7 Å². The number of likely N-dealkylation sites (tertiary alicyclic amines) is 2. The van der Waals surface area contributed by atoms with Crippen LogP contribution in [0.2, 0.25) is 0 Å². The molecule has 8 rings (SSSR count). The molecular formula is C60H77N5O6. The van der Waals surface area contributed by atoms with Gasteiger partial charge in [0.1, 0.15) is 0 Å². The van der Waals surface area contributed by atoms with Gasteiger partial charge in [0.25, 0.3) is 0 Å². The van der Waals surface area contributed by atoms with E-state index in [0.29, 0.717) is 25.9 Å². The number of nitrogens with zero attached hydrogens (tertiary/aromatic N) is 5. The number of anilines is 1. The van der Waals surface area contributed by atoms with E-state index in [1.54, 1.807) is 0 Å². The first-order valence-electron chi connectivity index (χ1n) is 26.1. The summed E-state index contributed by atoms with van der Waals surface area (Å²) in [5.41, 5.74) is 10.3. The Morgan fingerprint density at radius 1 is 0.549 bits per heavy atom. The van der Waals surface area contributed by atoms with Gasteiger partial charge in [-0.1, -0.05) is 135 Å². The van der Waals surface area contributed by atoms with Gasteiger partial charge in [0.2, 0.25) is 11.8 Å². The predicted molar refractivity (Wildman–Crippen MR) is 284 cm³/mol. The summed E-state index contributed by atoms with van der Waals surface area (Å²) < 4.78 is 9.97. The molecule has 378 valence electrons. The predicted octanol–water partition coefficient (Wildman–Crippen LogP) is 11.9. The molecule has 6 atom stereocenters. The van der Waals surface area contributed by atoms with Crippen LogP contribution in [0.1, 0.15) is 166 Å². The number of aliphatic imine (C=N–C) groups is 2. The van der Waals surface area contributed by atoms with E-state index in [9.17, 15) is 19.2 Å². The molecule has 71 heavy (non-hydrogen) atoms. The summed E-state index contributed by atoms with van der Waals surface area (Å²) in [6.07, 6.45) is 11.5. The minimum Gasteiger partial charge on any atom is -0.469 e. The molecule has 5 aliphatic heterocycles. The van der Waals surface area contributed by atoms with Crippen molar-refractivity contribution in [2.45, 2.75) is 156 Å². The Morgan fingerprint density at radius 2 is 0.944 bits per heavy atom. The van der Waals surface area contributed by atoms with Crippen LogP contribution in [0.25, 0.3) is 11.4 Å². The summed E-state index contributed by atoms with van der Waals surface area (Å²) in [5, 5.41) is 0. The standard InChI is InChI=1S/C60H77N5O6/c1-58(2,3)42-24-26-43(27-25-42)65-50(40-20-16-38(17-21-40)46-28-30-48(61-46)52-14-12-34-63(52)56(68)44(59(4,5)6)36-54(66)70-10)32-33-51(65)41-22-18-39(19-23-41)47-29-31-49(62-47)53-15-13-35-64(53)57(69)45(60(7,8)9)37-55(67)71-11/h16-29,44-45,50-53H,12-15,30-37H2,1-11H3/t44-,45-,50+,51+,52+,53+/m1/s1. The van der Waals surface area contributed by atoms with Crippen molar-refractivity contribution in [1.82, 2.24) is 9.80 Å². The molecule has 3 fully saturated rings. The van der Waals surface area contributed by atoms with Gasteiger partial charge in [-0.3, -0.25) is 29.2 Å². The topological polar surface area (TPSA) is 121 Å². The van der Waals surface area contributed by atoms with Gasteiger partial charge in [-0.15, -0.1) is 0 Å². The third-order valence-corrected chi connectivity index (χ3v) is 15.9. The maximum atomic E-state index is 14.1. The second-order valence-corrected chi connectivity index (χ2v) is 23.6. The van der Waals surface area contributed by atoms with Gasteiger partial charge in [-0.05, 0) is 94.7 Å². The van der Waals surface area contributed by atoms with E-state index in [1.165, 1.54) is 36.6 Å². The largest absolute Gasteiger partial charge is 0.469 e. The molecule has 0 N–H and O–H groups in total. The number of hydrogen-bond donors (Lipinski definition) is 0. The Hall–Kier alpha value is -5.84. The molecule has 0 aromatic heterocycles. The summed E-state index contributed by atoms with van der Waals surface area (Å²) in [5.74, 6) is -1.64. The zero-order valence-electron chi connectivity index (χ0n) is 44.2. The first-order chi connectivity index (χ1) is 33.7. The molecule has 3 saturated heterocycles. The number of methoxy groups -OCH3 is 2.